The van der Waals surface area contributed by atoms with Gasteiger partial charge < -0.3 is 15.7 Å². The Labute approximate surface area is 215 Å². The van der Waals surface area contributed by atoms with Gasteiger partial charge in [0.1, 0.15) is 17.0 Å². The molecule has 0 radical (unpaired) electrons. The Bertz CT molecular complexity index is 1270. The zero-order valence-corrected chi connectivity index (χ0v) is 21.5. The van der Waals surface area contributed by atoms with Gasteiger partial charge in [0, 0.05) is 24.7 Å². The van der Waals surface area contributed by atoms with E-state index in [1.807, 2.05) is 19.9 Å². The fourth-order valence-corrected chi connectivity index (χ4v) is 5.78. The van der Waals surface area contributed by atoms with Crippen LogP contribution in [0.4, 0.5) is 0 Å². The molecule has 0 bridgehead atoms. The molecule has 1 aliphatic rings. The number of amides is 1. The number of para-hydroxylation sites is 1. The number of pyridine rings is 1. The summed E-state index contributed by atoms with van der Waals surface area (Å²) in [4.78, 5) is 34.9. The van der Waals surface area contributed by atoms with E-state index in [-0.39, 0.29) is 54.6 Å². The number of benzene rings is 1. The molecule has 1 aromatic carbocycles. The van der Waals surface area contributed by atoms with Crippen molar-refractivity contribution in [3.05, 3.63) is 36.0 Å². The van der Waals surface area contributed by atoms with Crippen LogP contribution in [-0.2, 0) is 19.6 Å². The largest absolute Gasteiger partial charge is 0.480 e. The average Bonchev–Trinajstić information content (AvgIpc) is 2.84. The molecule has 202 valence electrons. The number of nitrogens with zero attached hydrogens (tertiary/aromatic N) is 3. The summed E-state index contributed by atoms with van der Waals surface area (Å²) in [5.41, 5.74) is 10.5. The van der Waals surface area contributed by atoms with Crippen LogP contribution >= 0.6 is 0 Å². The number of carbonyl (C=O) groups excluding carboxylic acids is 1. The van der Waals surface area contributed by atoms with Crippen molar-refractivity contribution in [1.29, 1.82) is 0 Å². The van der Waals surface area contributed by atoms with Crippen molar-refractivity contribution in [2.45, 2.75) is 56.5 Å². The van der Waals surface area contributed by atoms with Gasteiger partial charge in [-0.25, -0.2) is 13.2 Å². The summed E-state index contributed by atoms with van der Waals surface area (Å²) < 4.78 is 29.5. The summed E-state index contributed by atoms with van der Waals surface area (Å²) >= 11 is 0. The summed E-state index contributed by atoms with van der Waals surface area (Å²) in [6, 6.07) is 4.30. The number of sulfonamides is 1. The molecule has 3 atom stereocenters. The molecular formula is C23H33N7O6S. The van der Waals surface area contributed by atoms with Crippen LogP contribution in [0, 0.1) is 12.8 Å². The van der Waals surface area contributed by atoms with E-state index in [0.717, 1.165) is 5.56 Å². The van der Waals surface area contributed by atoms with Gasteiger partial charge in [-0.05, 0) is 56.2 Å². The monoisotopic (exact) mass is 535 g/mol. The summed E-state index contributed by atoms with van der Waals surface area (Å²) in [6.07, 6.45) is 2.75. The fourth-order valence-electron chi connectivity index (χ4n) is 4.37. The minimum absolute atomic E-state index is 0.0388. The topological polar surface area (TPSA) is 199 Å². The Balaban J connectivity index is 1.90. The SMILES string of the molecule is Cc1cnc2c(S(=O)(=O)NC(CCCN=C(N)NNO)C(=O)N3CC[C@@H](C)C[C@@H]3C(=O)O)cccc2c1. The van der Waals surface area contributed by atoms with Crippen molar-refractivity contribution in [3.8, 4) is 0 Å². The molecule has 2 heterocycles. The summed E-state index contributed by atoms with van der Waals surface area (Å²) in [5, 5.41) is 19.0. The van der Waals surface area contributed by atoms with Crippen molar-refractivity contribution in [1.82, 2.24) is 25.6 Å². The van der Waals surface area contributed by atoms with Crippen LogP contribution in [0.25, 0.3) is 10.9 Å². The average molecular weight is 536 g/mol. The van der Waals surface area contributed by atoms with E-state index in [9.17, 15) is 23.1 Å². The number of guanidine groups is 1. The molecule has 3 rings (SSSR count). The summed E-state index contributed by atoms with van der Waals surface area (Å²) in [7, 11) is -4.22. The van der Waals surface area contributed by atoms with Crippen LogP contribution in [0.1, 0.15) is 38.2 Å². The van der Waals surface area contributed by atoms with E-state index in [1.54, 1.807) is 23.9 Å². The number of aromatic nitrogens is 1. The van der Waals surface area contributed by atoms with Crippen LogP contribution in [0.2, 0.25) is 0 Å². The van der Waals surface area contributed by atoms with Crippen LogP contribution in [0.15, 0.2) is 40.4 Å². The van der Waals surface area contributed by atoms with Crippen molar-refractivity contribution in [3.63, 3.8) is 0 Å². The Morgan fingerprint density at radius 2 is 2.11 bits per heavy atom. The summed E-state index contributed by atoms with van der Waals surface area (Å²) in [5.74, 6) is -1.72. The lowest BCUT2D eigenvalue weighted by molar-refractivity contribution is -0.153. The number of aryl methyl sites for hydroxylation is 1. The van der Waals surface area contributed by atoms with E-state index < -0.39 is 34.0 Å². The molecule has 1 fully saturated rings. The first-order valence-corrected chi connectivity index (χ1v) is 13.4. The van der Waals surface area contributed by atoms with Gasteiger partial charge in [0.05, 0.1) is 5.52 Å². The molecule has 0 aliphatic carbocycles. The number of aliphatic carboxylic acids is 1. The second-order valence-corrected chi connectivity index (χ2v) is 10.9. The smallest absolute Gasteiger partial charge is 0.326 e. The van der Waals surface area contributed by atoms with Crippen molar-refractivity contribution in [2.75, 3.05) is 13.1 Å². The van der Waals surface area contributed by atoms with E-state index in [4.69, 9.17) is 10.9 Å². The standard InChI is InChI=1S/C23H33N7O6S/c1-14-8-10-30(18(12-14)22(32)33)21(31)17(6-4-9-25-23(24)27-29-34)28-37(35,36)19-7-3-5-16-11-15(2)13-26-20(16)19/h3,5,7,11,13-14,17-18,28-29,34H,4,6,8-10,12H2,1-2H3,(H,32,33)(H3,24,25,27)/t14-,17?,18-/m1/s1. The maximum atomic E-state index is 13.6. The molecule has 2 aromatic rings. The Morgan fingerprint density at radius 3 is 2.81 bits per heavy atom. The second kappa shape index (κ2) is 12.3. The number of piperidine rings is 1. The van der Waals surface area contributed by atoms with Crippen LogP contribution < -0.4 is 21.5 Å². The number of hydrazine groups is 1. The molecule has 37 heavy (non-hydrogen) atoms. The van der Waals surface area contributed by atoms with Gasteiger partial charge in [0.15, 0.2) is 0 Å². The molecule has 1 aliphatic heterocycles. The van der Waals surface area contributed by atoms with Crippen LogP contribution in [0.5, 0.6) is 0 Å². The van der Waals surface area contributed by atoms with Gasteiger partial charge in [0.2, 0.25) is 21.9 Å². The quantitative estimate of drug-likeness (QED) is 0.108. The number of fused-ring (bicyclic) bond motifs is 1. The first-order chi connectivity index (χ1) is 17.5. The lowest BCUT2D eigenvalue weighted by atomic mass is 9.91. The first kappa shape index (κ1) is 28.2. The third-order valence-corrected chi connectivity index (χ3v) is 7.75. The predicted octanol–water partition coefficient (Wildman–Crippen LogP) is 0.480. The maximum Gasteiger partial charge on any atom is 0.326 e. The summed E-state index contributed by atoms with van der Waals surface area (Å²) in [6.45, 7) is 4.10. The third-order valence-electron chi connectivity index (χ3n) is 6.25. The van der Waals surface area contributed by atoms with Gasteiger partial charge in [-0.3, -0.25) is 25.4 Å². The van der Waals surface area contributed by atoms with Crippen molar-refractivity contribution >= 4 is 38.8 Å². The molecule has 1 unspecified atom stereocenters. The first-order valence-electron chi connectivity index (χ1n) is 11.9. The van der Waals surface area contributed by atoms with Gasteiger partial charge >= 0.3 is 5.97 Å². The fraction of sp³-hybridized carbons (Fsp3) is 0.478. The zero-order chi connectivity index (χ0) is 27.2. The van der Waals surface area contributed by atoms with E-state index in [2.05, 4.69) is 20.1 Å². The number of aliphatic imine (C=N–C) groups is 1. The second-order valence-electron chi connectivity index (χ2n) is 9.18. The van der Waals surface area contributed by atoms with Gasteiger partial charge in [-0.1, -0.05) is 19.1 Å². The number of rotatable bonds is 10. The maximum absolute atomic E-state index is 13.6. The van der Waals surface area contributed by atoms with Crippen LogP contribution in [0.3, 0.4) is 0 Å². The number of nitrogens with one attached hydrogen (secondary N) is 3. The normalized spacial score (nSPS) is 19.5. The highest BCUT2D eigenvalue weighted by atomic mass is 32.2. The Hall–Kier alpha value is -3.33. The van der Waals surface area contributed by atoms with E-state index >= 15 is 0 Å². The highest BCUT2D eigenvalue weighted by molar-refractivity contribution is 7.89. The minimum atomic E-state index is -4.22. The van der Waals surface area contributed by atoms with Gasteiger partial charge in [-0.2, -0.15) is 4.72 Å². The number of carboxylic acid groups (broad SMARTS) is 1. The lowest BCUT2D eigenvalue weighted by Gasteiger charge is -2.38. The third kappa shape index (κ3) is 7.13. The molecule has 1 aromatic heterocycles. The van der Waals surface area contributed by atoms with Crippen molar-refractivity contribution < 1.29 is 28.3 Å². The number of hydrogen-bond donors (Lipinski definition) is 6. The lowest BCUT2D eigenvalue weighted by Crippen LogP contribution is -2.56. The van der Waals surface area contributed by atoms with E-state index in [0.29, 0.717) is 11.8 Å². The highest BCUT2D eigenvalue weighted by Gasteiger charge is 2.39. The Kier molecular flexibility index (Phi) is 9.37. The van der Waals surface area contributed by atoms with E-state index in [1.165, 1.54) is 11.0 Å². The molecule has 0 spiro atoms. The minimum Gasteiger partial charge on any atom is -0.480 e. The zero-order valence-electron chi connectivity index (χ0n) is 20.7. The molecule has 1 amide bonds. The number of nitrogens with two attached hydrogens (primary N) is 1. The molecule has 7 N–H and O–H groups in total. The highest BCUT2D eigenvalue weighted by Crippen LogP contribution is 2.26. The number of carbonyl (C=O) groups is 2. The predicted molar refractivity (Wildman–Crippen MR) is 136 cm³/mol. The Morgan fingerprint density at radius 1 is 1.35 bits per heavy atom. The number of carboxylic acids is 1. The molecule has 14 heteroatoms. The molecular weight excluding hydrogens is 502 g/mol. The van der Waals surface area contributed by atoms with Gasteiger partial charge in [0.25, 0.3) is 0 Å². The molecule has 0 saturated carbocycles. The number of hydrogen-bond acceptors (Lipinski definition) is 8. The number of likely N-dealkylation sites (tertiary alicyclic amines) is 1. The van der Waals surface area contributed by atoms with Gasteiger partial charge in [-0.15, -0.1) is 5.59 Å². The molecule has 13 nitrogen and oxygen atoms in total. The molecule has 1 saturated heterocycles. The van der Waals surface area contributed by atoms with Crippen LogP contribution in [-0.4, -0.2) is 71.6 Å². The van der Waals surface area contributed by atoms with Crippen molar-refractivity contribution in [2.24, 2.45) is 16.6 Å².